The molecular formula is C14H21BrF2N2. The van der Waals surface area contributed by atoms with Crippen molar-refractivity contribution >= 4 is 15.9 Å². The molecule has 0 saturated heterocycles. The Bertz CT molecular complexity index is 411. The van der Waals surface area contributed by atoms with E-state index in [0.717, 1.165) is 19.5 Å². The minimum absolute atomic E-state index is 0.0747. The number of benzene rings is 1. The van der Waals surface area contributed by atoms with E-state index in [9.17, 15) is 8.78 Å². The lowest BCUT2D eigenvalue weighted by Gasteiger charge is -2.21. The summed E-state index contributed by atoms with van der Waals surface area (Å²) in [6.07, 6.45) is 1.21. The zero-order valence-electron chi connectivity index (χ0n) is 11.6. The molecule has 2 nitrogen and oxygen atoms in total. The molecule has 0 aliphatic carbocycles. The van der Waals surface area contributed by atoms with E-state index < -0.39 is 11.6 Å². The summed E-state index contributed by atoms with van der Waals surface area (Å²) in [5.41, 5.74) is 0.152. The molecule has 108 valence electrons. The van der Waals surface area contributed by atoms with Gasteiger partial charge in [-0.3, -0.25) is 0 Å². The number of nitrogens with zero attached hydrogens (tertiary/aromatic N) is 1. The second-order valence-corrected chi connectivity index (χ2v) is 5.73. The first kappa shape index (κ1) is 16.5. The molecule has 5 heteroatoms. The van der Waals surface area contributed by atoms with Crippen LogP contribution in [0.5, 0.6) is 0 Å². The summed E-state index contributed by atoms with van der Waals surface area (Å²) < 4.78 is 28.0. The summed E-state index contributed by atoms with van der Waals surface area (Å²) in [5, 5.41) is 3.29. The van der Waals surface area contributed by atoms with Crippen LogP contribution in [0.3, 0.4) is 0 Å². The lowest BCUT2D eigenvalue weighted by Crippen LogP contribution is -2.34. The topological polar surface area (TPSA) is 15.3 Å². The maximum atomic E-state index is 13.9. The highest BCUT2D eigenvalue weighted by Gasteiger charge is 2.17. The van der Waals surface area contributed by atoms with Gasteiger partial charge < -0.3 is 10.2 Å². The number of likely N-dealkylation sites (N-methyl/N-ethyl adjacent to an activating group) is 1. The second-order valence-electron chi connectivity index (χ2n) is 4.87. The average Bonchev–Trinajstić information content (AvgIpc) is 2.36. The summed E-state index contributed by atoms with van der Waals surface area (Å²) in [7, 11) is 3.98. The van der Waals surface area contributed by atoms with Crippen LogP contribution < -0.4 is 5.32 Å². The molecule has 0 spiro atoms. The molecule has 1 rings (SSSR count). The third kappa shape index (κ3) is 5.16. The van der Waals surface area contributed by atoms with Crippen molar-refractivity contribution in [1.29, 1.82) is 0 Å². The maximum absolute atomic E-state index is 13.9. The summed E-state index contributed by atoms with van der Waals surface area (Å²) in [4.78, 5) is 2.07. The predicted octanol–water partition coefficient (Wildman–Crippen LogP) is 3.20. The molecule has 1 unspecified atom stereocenters. The number of halogens is 3. The Morgan fingerprint density at radius 1 is 1.32 bits per heavy atom. The van der Waals surface area contributed by atoms with Gasteiger partial charge in [0.15, 0.2) is 0 Å². The molecular weight excluding hydrogens is 314 g/mol. The quantitative estimate of drug-likeness (QED) is 0.770. The number of rotatable bonds is 7. The molecule has 0 fully saturated rings. The van der Waals surface area contributed by atoms with Gasteiger partial charge in [-0.25, -0.2) is 8.78 Å². The van der Waals surface area contributed by atoms with Gasteiger partial charge in [0.05, 0.1) is 4.47 Å². The van der Waals surface area contributed by atoms with Gasteiger partial charge in [-0.05, 0) is 68.1 Å². The van der Waals surface area contributed by atoms with Crippen LogP contribution in [-0.2, 0) is 6.42 Å². The lowest BCUT2D eigenvalue weighted by atomic mass is 10.0. The van der Waals surface area contributed by atoms with E-state index in [1.165, 1.54) is 12.1 Å². The van der Waals surface area contributed by atoms with Crippen molar-refractivity contribution in [1.82, 2.24) is 10.2 Å². The molecule has 0 saturated carbocycles. The Kier molecular flexibility index (Phi) is 6.89. The van der Waals surface area contributed by atoms with Crippen LogP contribution in [0.15, 0.2) is 16.6 Å². The second kappa shape index (κ2) is 7.92. The first-order valence-corrected chi connectivity index (χ1v) is 7.25. The highest BCUT2D eigenvalue weighted by molar-refractivity contribution is 9.10. The van der Waals surface area contributed by atoms with E-state index in [1.807, 2.05) is 21.0 Å². The number of hydrogen-bond donors (Lipinski definition) is 1. The highest BCUT2D eigenvalue weighted by Crippen LogP contribution is 2.23. The minimum Gasteiger partial charge on any atom is -0.314 e. The SMILES string of the molecule is CCNC(CCN(C)C)Cc1c(F)ccc(Br)c1F. The average molecular weight is 335 g/mol. The van der Waals surface area contributed by atoms with Crippen LogP contribution in [0, 0.1) is 11.6 Å². The molecule has 0 radical (unpaired) electrons. The molecule has 0 bridgehead atoms. The standard InChI is InChI=1S/C14H21BrF2N2/c1-4-18-10(7-8-19(2)3)9-11-13(16)6-5-12(15)14(11)17/h5-6,10,18H,4,7-9H2,1-3H3. The minimum atomic E-state index is -0.493. The lowest BCUT2D eigenvalue weighted by molar-refractivity contribution is 0.355. The Labute approximate surface area is 122 Å². The molecule has 19 heavy (non-hydrogen) atoms. The summed E-state index contributed by atoms with van der Waals surface area (Å²) in [5.74, 6) is -0.971. The predicted molar refractivity (Wildman–Crippen MR) is 78.4 cm³/mol. The van der Waals surface area contributed by atoms with E-state index in [-0.39, 0.29) is 11.6 Å². The van der Waals surface area contributed by atoms with Gasteiger partial charge in [-0.1, -0.05) is 6.92 Å². The van der Waals surface area contributed by atoms with Crippen LogP contribution in [-0.4, -0.2) is 38.1 Å². The van der Waals surface area contributed by atoms with Gasteiger partial charge in [0.2, 0.25) is 0 Å². The largest absolute Gasteiger partial charge is 0.314 e. The van der Waals surface area contributed by atoms with E-state index in [0.29, 0.717) is 10.9 Å². The van der Waals surface area contributed by atoms with Gasteiger partial charge in [0, 0.05) is 11.6 Å². The first-order valence-electron chi connectivity index (χ1n) is 6.46. The molecule has 0 aliphatic heterocycles. The molecule has 1 aromatic rings. The van der Waals surface area contributed by atoms with Crippen LogP contribution in [0.25, 0.3) is 0 Å². The monoisotopic (exact) mass is 334 g/mol. The van der Waals surface area contributed by atoms with Crippen molar-refractivity contribution < 1.29 is 8.78 Å². The van der Waals surface area contributed by atoms with Crippen molar-refractivity contribution in [3.05, 3.63) is 33.8 Å². The molecule has 1 atom stereocenters. The smallest absolute Gasteiger partial charge is 0.143 e. The van der Waals surface area contributed by atoms with Gasteiger partial charge in [0.25, 0.3) is 0 Å². The van der Waals surface area contributed by atoms with E-state index in [2.05, 4.69) is 26.1 Å². The Balaban J connectivity index is 2.81. The fourth-order valence-electron chi connectivity index (χ4n) is 1.98. The summed E-state index contributed by atoms with van der Waals surface area (Å²) >= 11 is 3.10. The van der Waals surface area contributed by atoms with Crippen molar-refractivity contribution in [2.75, 3.05) is 27.2 Å². The molecule has 0 heterocycles. The van der Waals surface area contributed by atoms with Gasteiger partial charge in [0.1, 0.15) is 11.6 Å². The van der Waals surface area contributed by atoms with Gasteiger partial charge in [-0.2, -0.15) is 0 Å². The van der Waals surface area contributed by atoms with Crippen LogP contribution in [0.1, 0.15) is 18.9 Å². The van der Waals surface area contributed by atoms with Crippen molar-refractivity contribution in [3.8, 4) is 0 Å². The van der Waals surface area contributed by atoms with Crippen molar-refractivity contribution in [2.24, 2.45) is 0 Å². The van der Waals surface area contributed by atoms with Crippen LogP contribution in [0.4, 0.5) is 8.78 Å². The highest BCUT2D eigenvalue weighted by atomic mass is 79.9. The third-order valence-corrected chi connectivity index (χ3v) is 3.62. The van der Waals surface area contributed by atoms with E-state index in [4.69, 9.17) is 0 Å². The van der Waals surface area contributed by atoms with E-state index >= 15 is 0 Å². The Hall–Kier alpha value is -0.520. The molecule has 1 N–H and O–H groups in total. The summed E-state index contributed by atoms with van der Waals surface area (Å²) in [6, 6.07) is 2.78. The number of nitrogens with one attached hydrogen (secondary N) is 1. The molecule has 0 aromatic heterocycles. The zero-order chi connectivity index (χ0) is 14.4. The van der Waals surface area contributed by atoms with E-state index in [1.54, 1.807) is 0 Å². The number of hydrogen-bond acceptors (Lipinski definition) is 2. The molecule has 1 aromatic carbocycles. The Morgan fingerprint density at radius 2 is 2.00 bits per heavy atom. The van der Waals surface area contributed by atoms with Crippen molar-refractivity contribution in [2.45, 2.75) is 25.8 Å². The van der Waals surface area contributed by atoms with Crippen LogP contribution >= 0.6 is 15.9 Å². The fourth-order valence-corrected chi connectivity index (χ4v) is 2.35. The Morgan fingerprint density at radius 3 is 2.58 bits per heavy atom. The normalized spacial score (nSPS) is 13.0. The zero-order valence-corrected chi connectivity index (χ0v) is 13.2. The first-order chi connectivity index (χ1) is 8.95. The van der Waals surface area contributed by atoms with Gasteiger partial charge >= 0.3 is 0 Å². The molecule has 0 amide bonds. The third-order valence-electron chi connectivity index (χ3n) is 3.01. The van der Waals surface area contributed by atoms with Gasteiger partial charge in [-0.15, -0.1) is 0 Å². The van der Waals surface area contributed by atoms with Crippen LogP contribution in [0.2, 0.25) is 0 Å². The maximum Gasteiger partial charge on any atom is 0.143 e. The molecule has 0 aliphatic rings. The summed E-state index contributed by atoms with van der Waals surface area (Å²) in [6.45, 7) is 3.67. The fraction of sp³-hybridized carbons (Fsp3) is 0.571. The van der Waals surface area contributed by atoms with Crippen molar-refractivity contribution in [3.63, 3.8) is 0 Å².